The SMILES string of the molecule is Cc1cc(SC(C)(C)C)ccc1NC(=O)NCc1cccs1. The third-order valence-corrected chi connectivity index (χ3v) is 4.85. The van der Waals surface area contributed by atoms with Crippen LogP contribution in [0.25, 0.3) is 0 Å². The second-order valence-electron chi connectivity index (χ2n) is 6.08. The van der Waals surface area contributed by atoms with Crippen LogP contribution in [0.3, 0.4) is 0 Å². The molecule has 5 heteroatoms. The van der Waals surface area contributed by atoms with Crippen molar-refractivity contribution in [2.75, 3.05) is 5.32 Å². The minimum atomic E-state index is -0.173. The van der Waals surface area contributed by atoms with Crippen molar-refractivity contribution in [3.8, 4) is 0 Å². The smallest absolute Gasteiger partial charge is 0.319 e. The summed E-state index contributed by atoms with van der Waals surface area (Å²) in [5.74, 6) is 0. The van der Waals surface area contributed by atoms with Crippen LogP contribution in [-0.4, -0.2) is 10.8 Å². The molecule has 1 heterocycles. The third kappa shape index (κ3) is 5.39. The molecule has 118 valence electrons. The number of thiophene rings is 1. The highest BCUT2D eigenvalue weighted by atomic mass is 32.2. The number of carbonyl (C=O) groups excluding carboxylic acids is 1. The van der Waals surface area contributed by atoms with E-state index in [2.05, 4.69) is 43.5 Å². The monoisotopic (exact) mass is 334 g/mol. The maximum Gasteiger partial charge on any atom is 0.319 e. The van der Waals surface area contributed by atoms with Crippen LogP contribution in [-0.2, 0) is 6.54 Å². The zero-order valence-electron chi connectivity index (χ0n) is 13.4. The topological polar surface area (TPSA) is 41.1 Å². The molecule has 0 aliphatic carbocycles. The molecule has 0 aliphatic heterocycles. The Morgan fingerprint density at radius 1 is 1.27 bits per heavy atom. The Hall–Kier alpha value is -1.46. The molecule has 2 N–H and O–H groups in total. The number of rotatable bonds is 4. The molecule has 2 aromatic rings. The van der Waals surface area contributed by atoms with E-state index in [9.17, 15) is 4.79 Å². The number of benzene rings is 1. The highest BCUT2D eigenvalue weighted by Gasteiger charge is 2.13. The van der Waals surface area contributed by atoms with Crippen molar-refractivity contribution in [3.63, 3.8) is 0 Å². The first kappa shape index (κ1) is 16.9. The average molecular weight is 335 g/mol. The van der Waals surface area contributed by atoms with Gasteiger partial charge in [-0.3, -0.25) is 0 Å². The molecule has 0 fully saturated rings. The summed E-state index contributed by atoms with van der Waals surface area (Å²) >= 11 is 3.46. The zero-order valence-corrected chi connectivity index (χ0v) is 15.0. The molecule has 0 saturated heterocycles. The zero-order chi connectivity index (χ0) is 16.2. The van der Waals surface area contributed by atoms with Crippen LogP contribution >= 0.6 is 23.1 Å². The lowest BCUT2D eigenvalue weighted by atomic mass is 10.2. The standard InChI is InChI=1S/C17H22N2OS2/c1-12-10-13(22-17(2,3)4)7-8-15(12)19-16(20)18-11-14-6-5-9-21-14/h5-10H,11H2,1-4H3,(H2,18,19,20). The van der Waals surface area contributed by atoms with Gasteiger partial charge in [-0.2, -0.15) is 0 Å². The fourth-order valence-corrected chi connectivity index (χ4v) is 3.66. The number of urea groups is 1. The van der Waals surface area contributed by atoms with Crippen LogP contribution in [0.2, 0.25) is 0 Å². The minimum absolute atomic E-state index is 0.173. The second kappa shape index (κ2) is 7.20. The number of anilines is 1. The van der Waals surface area contributed by atoms with Crippen molar-refractivity contribution in [3.05, 3.63) is 46.2 Å². The number of thioether (sulfide) groups is 1. The number of amides is 2. The lowest BCUT2D eigenvalue weighted by molar-refractivity contribution is 0.252. The Kier molecular flexibility index (Phi) is 5.53. The summed E-state index contributed by atoms with van der Waals surface area (Å²) in [6.45, 7) is 9.15. The Labute approximate surface area is 140 Å². The predicted molar refractivity (Wildman–Crippen MR) is 97.0 cm³/mol. The van der Waals surface area contributed by atoms with Gasteiger partial charge in [0.1, 0.15) is 0 Å². The van der Waals surface area contributed by atoms with Gasteiger partial charge in [-0.05, 0) is 42.1 Å². The molecule has 0 atom stereocenters. The van der Waals surface area contributed by atoms with Crippen LogP contribution in [0.1, 0.15) is 31.2 Å². The molecule has 0 saturated carbocycles. The van der Waals surface area contributed by atoms with Crippen LogP contribution in [0.4, 0.5) is 10.5 Å². The van der Waals surface area contributed by atoms with Gasteiger partial charge in [0, 0.05) is 20.2 Å². The fraction of sp³-hybridized carbons (Fsp3) is 0.353. The summed E-state index contributed by atoms with van der Waals surface area (Å²) in [4.78, 5) is 14.3. The van der Waals surface area contributed by atoms with Gasteiger partial charge in [-0.1, -0.05) is 26.8 Å². The molecule has 0 radical (unpaired) electrons. The summed E-state index contributed by atoms with van der Waals surface area (Å²) in [6.07, 6.45) is 0. The molecular formula is C17H22N2OS2. The Morgan fingerprint density at radius 3 is 2.64 bits per heavy atom. The highest BCUT2D eigenvalue weighted by Crippen LogP contribution is 2.33. The molecule has 1 aromatic carbocycles. The van der Waals surface area contributed by atoms with E-state index < -0.39 is 0 Å². The number of carbonyl (C=O) groups is 1. The summed E-state index contributed by atoms with van der Waals surface area (Å²) in [5, 5.41) is 7.78. The van der Waals surface area contributed by atoms with Crippen molar-refractivity contribution < 1.29 is 4.79 Å². The van der Waals surface area contributed by atoms with E-state index >= 15 is 0 Å². The first-order valence-corrected chi connectivity index (χ1v) is 8.90. The number of aryl methyl sites for hydroxylation is 1. The Bertz CT molecular complexity index is 631. The van der Waals surface area contributed by atoms with Gasteiger partial charge < -0.3 is 10.6 Å². The average Bonchev–Trinajstić information content (AvgIpc) is 2.91. The van der Waals surface area contributed by atoms with Crippen molar-refractivity contribution in [1.82, 2.24) is 5.32 Å². The van der Waals surface area contributed by atoms with E-state index in [0.29, 0.717) is 6.54 Å². The summed E-state index contributed by atoms with van der Waals surface area (Å²) < 4.78 is 0.180. The first-order valence-electron chi connectivity index (χ1n) is 7.20. The molecule has 0 unspecified atom stereocenters. The fourth-order valence-electron chi connectivity index (χ4n) is 1.94. The molecule has 0 bridgehead atoms. The molecule has 2 amide bonds. The lowest BCUT2D eigenvalue weighted by Crippen LogP contribution is -2.28. The van der Waals surface area contributed by atoms with Crippen LogP contribution in [0.5, 0.6) is 0 Å². The summed E-state index contributed by atoms with van der Waals surface area (Å²) in [6, 6.07) is 9.95. The maximum absolute atomic E-state index is 12.0. The van der Waals surface area contributed by atoms with Crippen LogP contribution in [0.15, 0.2) is 40.6 Å². The van der Waals surface area contributed by atoms with Crippen molar-refractivity contribution in [1.29, 1.82) is 0 Å². The van der Waals surface area contributed by atoms with Gasteiger partial charge in [0.2, 0.25) is 0 Å². The molecule has 1 aromatic heterocycles. The largest absolute Gasteiger partial charge is 0.333 e. The van der Waals surface area contributed by atoms with Crippen molar-refractivity contribution in [2.24, 2.45) is 0 Å². The van der Waals surface area contributed by atoms with Gasteiger partial charge in [-0.25, -0.2) is 4.79 Å². The third-order valence-electron chi connectivity index (χ3n) is 2.87. The molecule has 2 rings (SSSR count). The molecule has 3 nitrogen and oxygen atoms in total. The maximum atomic E-state index is 12.0. The Morgan fingerprint density at radius 2 is 2.05 bits per heavy atom. The van der Waals surface area contributed by atoms with Crippen molar-refractivity contribution in [2.45, 2.75) is 43.9 Å². The lowest BCUT2D eigenvalue weighted by Gasteiger charge is -2.18. The number of hydrogen-bond acceptors (Lipinski definition) is 3. The minimum Gasteiger partial charge on any atom is -0.333 e. The van der Waals surface area contributed by atoms with Gasteiger partial charge in [0.25, 0.3) is 0 Å². The van der Waals surface area contributed by atoms with Crippen LogP contribution in [0, 0.1) is 6.92 Å². The summed E-state index contributed by atoms with van der Waals surface area (Å²) in [5.41, 5.74) is 1.92. The molecular weight excluding hydrogens is 312 g/mol. The second-order valence-corrected chi connectivity index (χ2v) is 9.01. The molecule has 0 spiro atoms. The number of hydrogen-bond donors (Lipinski definition) is 2. The van der Waals surface area contributed by atoms with Gasteiger partial charge >= 0.3 is 6.03 Å². The molecule has 0 aliphatic rings. The van der Waals surface area contributed by atoms with Crippen molar-refractivity contribution >= 4 is 34.8 Å². The predicted octanol–water partition coefficient (Wildman–Crippen LogP) is 5.27. The summed E-state index contributed by atoms with van der Waals surface area (Å²) in [7, 11) is 0. The van der Waals surface area contributed by atoms with E-state index in [-0.39, 0.29) is 10.8 Å². The van der Waals surface area contributed by atoms with Crippen LogP contribution < -0.4 is 10.6 Å². The van der Waals surface area contributed by atoms with E-state index in [1.54, 1.807) is 11.3 Å². The van der Waals surface area contributed by atoms with E-state index in [0.717, 1.165) is 16.1 Å². The quantitative estimate of drug-likeness (QED) is 0.748. The normalized spacial score (nSPS) is 11.3. The van der Waals surface area contributed by atoms with Gasteiger partial charge in [-0.15, -0.1) is 23.1 Å². The van der Waals surface area contributed by atoms with E-state index in [1.165, 1.54) is 4.90 Å². The first-order chi connectivity index (χ1) is 10.3. The van der Waals surface area contributed by atoms with Gasteiger partial charge in [0.05, 0.1) is 6.54 Å². The Balaban J connectivity index is 1.93. The van der Waals surface area contributed by atoms with E-state index in [1.807, 2.05) is 42.3 Å². The molecule has 22 heavy (non-hydrogen) atoms. The highest BCUT2D eigenvalue weighted by molar-refractivity contribution is 8.00. The van der Waals surface area contributed by atoms with E-state index in [4.69, 9.17) is 0 Å². The van der Waals surface area contributed by atoms with Gasteiger partial charge in [0.15, 0.2) is 0 Å². The number of nitrogens with one attached hydrogen (secondary N) is 2.